The molecule has 0 aliphatic carbocycles. The fourth-order valence-electron chi connectivity index (χ4n) is 4.85. The number of aromatic nitrogens is 1. The van der Waals surface area contributed by atoms with Crippen molar-refractivity contribution in [3.05, 3.63) is 94.7 Å². The van der Waals surface area contributed by atoms with E-state index in [9.17, 15) is 10.1 Å². The zero-order valence-corrected chi connectivity index (χ0v) is 19.8. The summed E-state index contributed by atoms with van der Waals surface area (Å²) in [7, 11) is 0. The summed E-state index contributed by atoms with van der Waals surface area (Å²) < 4.78 is 5.50. The number of hydrogen-bond donors (Lipinski definition) is 0. The average Bonchev–Trinajstić information content (AvgIpc) is 2.92. The molecule has 0 N–H and O–H groups in total. The maximum absolute atomic E-state index is 12.5. The molecule has 7 heteroatoms. The van der Waals surface area contributed by atoms with Crippen LogP contribution in [0.1, 0.15) is 27.8 Å². The van der Waals surface area contributed by atoms with Crippen LogP contribution < -0.4 is 4.90 Å². The van der Waals surface area contributed by atoms with Gasteiger partial charge in [0.1, 0.15) is 18.5 Å². The van der Waals surface area contributed by atoms with Crippen molar-refractivity contribution in [3.8, 4) is 6.07 Å². The van der Waals surface area contributed by atoms with Gasteiger partial charge in [-0.1, -0.05) is 60.7 Å². The Bertz CT molecular complexity index is 1200. The van der Waals surface area contributed by atoms with Crippen LogP contribution in [0.3, 0.4) is 0 Å². The number of nitrogens with zero attached hydrogens (tertiary/aromatic N) is 5. The summed E-state index contributed by atoms with van der Waals surface area (Å²) in [5, 5.41) is 9.72. The third-order valence-electron chi connectivity index (χ3n) is 6.75. The average molecular weight is 468 g/mol. The van der Waals surface area contributed by atoms with E-state index >= 15 is 0 Å². The van der Waals surface area contributed by atoms with E-state index in [-0.39, 0.29) is 12.7 Å². The monoisotopic (exact) mass is 467 g/mol. The molecular formula is C28H29N5O2. The predicted molar refractivity (Wildman–Crippen MR) is 134 cm³/mol. The number of carbonyl (C=O) groups is 1. The van der Waals surface area contributed by atoms with Crippen molar-refractivity contribution in [2.75, 3.05) is 37.6 Å². The molecule has 178 valence electrons. The van der Waals surface area contributed by atoms with Crippen LogP contribution in [-0.2, 0) is 30.9 Å². The van der Waals surface area contributed by atoms with Crippen molar-refractivity contribution in [2.24, 2.45) is 0 Å². The largest absolute Gasteiger partial charge is 0.445 e. The maximum atomic E-state index is 12.5. The first-order chi connectivity index (χ1) is 17.2. The summed E-state index contributed by atoms with van der Waals surface area (Å²) in [5.74, 6) is 0.954. The molecule has 0 radical (unpaired) electrons. The minimum absolute atomic E-state index is 0.278. The number of pyridine rings is 1. The van der Waals surface area contributed by atoms with Crippen LogP contribution in [0.15, 0.2) is 66.9 Å². The Kier molecular flexibility index (Phi) is 6.92. The molecule has 1 amide bonds. The molecule has 1 fully saturated rings. The summed E-state index contributed by atoms with van der Waals surface area (Å²) in [6.07, 6.45) is 2.29. The van der Waals surface area contributed by atoms with Crippen LogP contribution in [0.4, 0.5) is 10.6 Å². The molecular weight excluding hydrogens is 438 g/mol. The van der Waals surface area contributed by atoms with Crippen molar-refractivity contribution in [1.82, 2.24) is 14.8 Å². The van der Waals surface area contributed by atoms with Crippen molar-refractivity contribution in [1.29, 1.82) is 5.26 Å². The van der Waals surface area contributed by atoms with Crippen LogP contribution in [-0.4, -0.2) is 53.6 Å². The molecule has 3 aromatic rings. The van der Waals surface area contributed by atoms with E-state index in [1.54, 1.807) is 11.1 Å². The van der Waals surface area contributed by atoms with Crippen molar-refractivity contribution >= 4 is 11.9 Å². The fraction of sp³-hybridized carbons (Fsp3) is 0.321. The van der Waals surface area contributed by atoms with Gasteiger partial charge in [-0.2, -0.15) is 5.26 Å². The lowest BCUT2D eigenvalue weighted by Crippen LogP contribution is -2.49. The molecule has 2 aliphatic rings. The molecule has 5 rings (SSSR count). The Balaban J connectivity index is 1.23. The number of hydrogen-bond acceptors (Lipinski definition) is 6. The first-order valence-corrected chi connectivity index (χ1v) is 12.1. The molecule has 1 saturated heterocycles. The Morgan fingerprint density at radius 3 is 2.29 bits per heavy atom. The van der Waals surface area contributed by atoms with Crippen molar-refractivity contribution in [3.63, 3.8) is 0 Å². The van der Waals surface area contributed by atoms with Crippen LogP contribution in [0.5, 0.6) is 0 Å². The van der Waals surface area contributed by atoms with Crippen LogP contribution in [0, 0.1) is 11.3 Å². The highest BCUT2D eigenvalue weighted by atomic mass is 16.6. The van der Waals surface area contributed by atoms with Gasteiger partial charge in [-0.05, 0) is 23.1 Å². The lowest BCUT2D eigenvalue weighted by atomic mass is 9.96. The number of amides is 1. The Morgan fingerprint density at radius 1 is 0.914 bits per heavy atom. The zero-order chi connectivity index (χ0) is 24.0. The lowest BCUT2D eigenvalue weighted by molar-refractivity contribution is 0.0941. The van der Waals surface area contributed by atoms with Crippen LogP contribution in [0.2, 0.25) is 0 Å². The van der Waals surface area contributed by atoms with E-state index < -0.39 is 0 Å². The van der Waals surface area contributed by atoms with E-state index in [1.165, 1.54) is 11.1 Å². The summed E-state index contributed by atoms with van der Waals surface area (Å²) in [5.41, 5.74) is 5.18. The number of fused-ring (bicyclic) bond motifs is 1. The molecule has 2 aliphatic heterocycles. The summed E-state index contributed by atoms with van der Waals surface area (Å²) in [4.78, 5) is 23.6. The predicted octanol–water partition coefficient (Wildman–Crippen LogP) is 3.97. The Labute approximate surface area is 206 Å². The third kappa shape index (κ3) is 5.28. The van der Waals surface area contributed by atoms with Gasteiger partial charge in [0, 0.05) is 57.6 Å². The quantitative estimate of drug-likeness (QED) is 0.565. The standard InChI is InChI=1S/C28H29N5O2/c29-17-24-18-30-27(25-11-12-31(20-26(24)25)19-22-7-3-1-4-8-22)32-13-15-33(16-14-32)28(34)35-21-23-9-5-2-6-10-23/h1-10,18H,11-16,19-21H2. The van der Waals surface area contributed by atoms with E-state index in [0.717, 1.165) is 43.0 Å². The number of anilines is 1. The molecule has 1 aromatic heterocycles. The van der Waals surface area contributed by atoms with Crippen molar-refractivity contribution in [2.45, 2.75) is 26.1 Å². The molecule has 0 spiro atoms. The minimum Gasteiger partial charge on any atom is -0.445 e. The fourth-order valence-corrected chi connectivity index (χ4v) is 4.85. The molecule has 0 atom stereocenters. The molecule has 2 aromatic carbocycles. The molecule has 0 saturated carbocycles. The van der Waals surface area contributed by atoms with Crippen molar-refractivity contribution < 1.29 is 9.53 Å². The van der Waals surface area contributed by atoms with Gasteiger partial charge in [0.05, 0.1) is 5.56 Å². The Morgan fingerprint density at radius 2 is 1.60 bits per heavy atom. The highest BCUT2D eigenvalue weighted by Crippen LogP contribution is 2.31. The lowest BCUT2D eigenvalue weighted by Gasteiger charge is -2.37. The maximum Gasteiger partial charge on any atom is 0.410 e. The SMILES string of the molecule is N#Cc1cnc(N2CCN(C(=O)OCc3ccccc3)CC2)c2c1CN(Cc1ccccc1)CC2. The first-order valence-electron chi connectivity index (χ1n) is 12.1. The van der Waals surface area contributed by atoms with Gasteiger partial charge in [-0.25, -0.2) is 9.78 Å². The van der Waals surface area contributed by atoms with Gasteiger partial charge in [-0.3, -0.25) is 4.90 Å². The zero-order valence-electron chi connectivity index (χ0n) is 19.8. The topological polar surface area (TPSA) is 72.7 Å². The smallest absolute Gasteiger partial charge is 0.410 e. The Hall–Kier alpha value is -3.89. The van der Waals surface area contributed by atoms with Crippen LogP contribution in [0.25, 0.3) is 0 Å². The van der Waals surface area contributed by atoms with Gasteiger partial charge in [0.25, 0.3) is 0 Å². The second-order valence-corrected chi connectivity index (χ2v) is 9.02. The van der Waals surface area contributed by atoms with E-state index in [4.69, 9.17) is 9.72 Å². The minimum atomic E-state index is -0.278. The molecule has 3 heterocycles. The van der Waals surface area contributed by atoms with Gasteiger partial charge in [0.15, 0.2) is 0 Å². The number of nitriles is 1. The highest BCUT2D eigenvalue weighted by molar-refractivity contribution is 5.68. The van der Waals surface area contributed by atoms with Gasteiger partial charge >= 0.3 is 6.09 Å². The van der Waals surface area contributed by atoms with E-state index in [0.29, 0.717) is 31.7 Å². The molecule has 35 heavy (non-hydrogen) atoms. The first kappa shape index (κ1) is 22.9. The number of ether oxygens (including phenoxy) is 1. The molecule has 0 bridgehead atoms. The molecule has 0 unspecified atom stereocenters. The summed E-state index contributed by atoms with van der Waals surface area (Å²) in [6, 6.07) is 22.5. The molecule has 7 nitrogen and oxygen atoms in total. The number of piperazine rings is 1. The third-order valence-corrected chi connectivity index (χ3v) is 6.75. The number of benzene rings is 2. The van der Waals surface area contributed by atoms with E-state index in [1.807, 2.05) is 36.4 Å². The van der Waals surface area contributed by atoms with E-state index in [2.05, 4.69) is 40.1 Å². The summed E-state index contributed by atoms with van der Waals surface area (Å²) >= 11 is 0. The summed E-state index contributed by atoms with van der Waals surface area (Å²) in [6.45, 7) is 5.38. The number of carbonyl (C=O) groups excluding carboxylic acids is 1. The van der Waals surface area contributed by atoms with Gasteiger partial charge in [0.2, 0.25) is 0 Å². The number of rotatable bonds is 5. The van der Waals surface area contributed by atoms with Crippen LogP contribution >= 0.6 is 0 Å². The van der Waals surface area contributed by atoms with Gasteiger partial charge in [-0.15, -0.1) is 0 Å². The highest BCUT2D eigenvalue weighted by Gasteiger charge is 2.28. The second-order valence-electron chi connectivity index (χ2n) is 9.02. The normalized spacial score (nSPS) is 15.9. The van der Waals surface area contributed by atoms with Gasteiger partial charge < -0.3 is 14.5 Å². The second kappa shape index (κ2) is 10.6.